The second kappa shape index (κ2) is 13.3. The van der Waals surface area contributed by atoms with Gasteiger partial charge < -0.3 is 23.8 Å². The average Bonchev–Trinajstić information content (AvgIpc) is 2.75. The average molecular weight is 405 g/mol. The zero-order valence-electron chi connectivity index (χ0n) is 18.2. The molecule has 0 N–H and O–H groups in total. The Morgan fingerprint density at radius 3 is 2.03 bits per heavy atom. The lowest BCUT2D eigenvalue weighted by Gasteiger charge is -2.26. The zero-order chi connectivity index (χ0) is 21.6. The molecule has 0 aliphatic heterocycles. The molecule has 0 atom stereocenters. The maximum absolute atomic E-state index is 11.5. The highest BCUT2D eigenvalue weighted by Gasteiger charge is 2.22. The van der Waals surface area contributed by atoms with Gasteiger partial charge in [-0.05, 0) is 45.4 Å². The number of esters is 1. The van der Waals surface area contributed by atoms with E-state index in [0.29, 0.717) is 43.7 Å². The van der Waals surface area contributed by atoms with Gasteiger partial charge >= 0.3 is 5.97 Å². The standard InChI is InChI=1S/C22H32N2O5/c1-7-24(8-2)21(23-16-15-19(25)27-6)20(22(28-9-3)29-10-4)17-11-13-18(26-5)14-12-17/h11-16H,7-10H2,1-6H3/b16-15+,23-21?. The number of hydrogen-bond acceptors (Lipinski definition) is 6. The van der Waals surface area contributed by atoms with E-state index in [1.807, 2.05) is 52.0 Å². The van der Waals surface area contributed by atoms with E-state index in [4.69, 9.17) is 14.2 Å². The van der Waals surface area contributed by atoms with Crippen molar-refractivity contribution in [3.63, 3.8) is 0 Å². The summed E-state index contributed by atoms with van der Waals surface area (Å²) in [5.41, 5.74) is 1.56. The molecule has 0 unspecified atom stereocenters. The molecule has 1 rings (SSSR count). The number of likely N-dealkylation sites (N-methyl/N-ethyl adjacent to an activating group) is 1. The minimum absolute atomic E-state index is 0.386. The molecule has 0 radical (unpaired) electrons. The molecule has 160 valence electrons. The third-order valence-corrected chi connectivity index (χ3v) is 4.03. The largest absolute Gasteiger partial charge is 0.497 e. The third-order valence-electron chi connectivity index (χ3n) is 4.03. The predicted octanol–water partition coefficient (Wildman–Crippen LogP) is 3.86. The van der Waals surface area contributed by atoms with Crippen molar-refractivity contribution >= 4 is 17.4 Å². The highest BCUT2D eigenvalue weighted by atomic mass is 16.7. The Kier molecular flexibility index (Phi) is 11.0. The van der Waals surface area contributed by atoms with Gasteiger partial charge in [0.15, 0.2) is 0 Å². The van der Waals surface area contributed by atoms with Crippen LogP contribution in [0.2, 0.25) is 0 Å². The van der Waals surface area contributed by atoms with Gasteiger partial charge in [-0.2, -0.15) is 0 Å². The van der Waals surface area contributed by atoms with Gasteiger partial charge in [0.1, 0.15) is 17.2 Å². The van der Waals surface area contributed by atoms with E-state index in [1.54, 1.807) is 7.11 Å². The van der Waals surface area contributed by atoms with Crippen LogP contribution < -0.4 is 4.74 Å². The van der Waals surface area contributed by atoms with Crippen molar-refractivity contribution in [2.24, 2.45) is 4.99 Å². The van der Waals surface area contributed by atoms with Gasteiger partial charge in [-0.25, -0.2) is 9.79 Å². The summed E-state index contributed by atoms with van der Waals surface area (Å²) in [4.78, 5) is 18.1. The van der Waals surface area contributed by atoms with Crippen LogP contribution in [0.3, 0.4) is 0 Å². The molecule has 0 spiro atoms. The van der Waals surface area contributed by atoms with Crippen LogP contribution in [0.1, 0.15) is 33.3 Å². The fourth-order valence-electron chi connectivity index (χ4n) is 2.61. The number of carbonyl (C=O) groups excluding carboxylic acids is 1. The number of amidine groups is 1. The summed E-state index contributed by atoms with van der Waals surface area (Å²) in [6.45, 7) is 10.2. The Hall–Kier alpha value is -2.96. The Balaban J connectivity index is 3.68. The molecule has 0 heterocycles. The van der Waals surface area contributed by atoms with Crippen molar-refractivity contribution in [2.45, 2.75) is 27.7 Å². The number of benzene rings is 1. The number of ether oxygens (including phenoxy) is 4. The van der Waals surface area contributed by atoms with E-state index in [0.717, 1.165) is 11.3 Å². The van der Waals surface area contributed by atoms with Crippen LogP contribution in [0.15, 0.2) is 47.5 Å². The summed E-state index contributed by atoms with van der Waals surface area (Å²) in [6, 6.07) is 7.59. The van der Waals surface area contributed by atoms with E-state index < -0.39 is 5.97 Å². The molecule has 29 heavy (non-hydrogen) atoms. The molecule has 1 aromatic rings. The Bertz CT molecular complexity index is 711. The lowest BCUT2D eigenvalue weighted by atomic mass is 10.0. The highest BCUT2D eigenvalue weighted by Crippen LogP contribution is 2.26. The number of methoxy groups -OCH3 is 2. The van der Waals surface area contributed by atoms with Crippen LogP contribution in [0.4, 0.5) is 0 Å². The van der Waals surface area contributed by atoms with Crippen molar-refractivity contribution in [2.75, 3.05) is 40.5 Å². The first-order chi connectivity index (χ1) is 14.1. The van der Waals surface area contributed by atoms with Gasteiger partial charge in [0.05, 0.1) is 27.4 Å². The normalized spacial score (nSPS) is 11.2. The summed E-state index contributed by atoms with van der Waals surface area (Å²) in [7, 11) is 2.95. The molecule has 0 aliphatic carbocycles. The molecule has 0 saturated heterocycles. The summed E-state index contributed by atoms with van der Waals surface area (Å²) in [6.07, 6.45) is 2.70. The van der Waals surface area contributed by atoms with Gasteiger partial charge in [0, 0.05) is 25.4 Å². The van der Waals surface area contributed by atoms with Crippen LogP contribution in [0.25, 0.3) is 5.57 Å². The summed E-state index contributed by atoms with van der Waals surface area (Å²) in [5.74, 6) is 1.29. The Labute approximate surface area is 173 Å². The minimum Gasteiger partial charge on any atom is -0.497 e. The van der Waals surface area contributed by atoms with Crippen LogP contribution in [-0.4, -0.2) is 57.2 Å². The predicted molar refractivity (Wildman–Crippen MR) is 115 cm³/mol. The molecule has 0 aromatic heterocycles. The number of nitrogens with zero attached hydrogens (tertiary/aromatic N) is 2. The van der Waals surface area contributed by atoms with E-state index in [1.165, 1.54) is 19.4 Å². The molecule has 1 aromatic carbocycles. The van der Waals surface area contributed by atoms with Crippen LogP contribution in [-0.2, 0) is 19.0 Å². The number of rotatable bonds is 11. The first kappa shape index (κ1) is 24.1. The van der Waals surface area contributed by atoms with Crippen molar-refractivity contribution in [1.82, 2.24) is 4.90 Å². The maximum Gasteiger partial charge on any atom is 0.332 e. The quantitative estimate of drug-likeness (QED) is 0.183. The van der Waals surface area contributed by atoms with E-state index in [-0.39, 0.29) is 0 Å². The van der Waals surface area contributed by atoms with Crippen LogP contribution >= 0.6 is 0 Å². The van der Waals surface area contributed by atoms with Gasteiger partial charge in [0.2, 0.25) is 0 Å². The van der Waals surface area contributed by atoms with Gasteiger partial charge in [0.25, 0.3) is 5.95 Å². The molecule has 0 bridgehead atoms. The molecular weight excluding hydrogens is 372 g/mol. The van der Waals surface area contributed by atoms with Crippen molar-refractivity contribution in [3.8, 4) is 5.75 Å². The monoisotopic (exact) mass is 404 g/mol. The van der Waals surface area contributed by atoms with E-state index in [9.17, 15) is 4.79 Å². The van der Waals surface area contributed by atoms with Crippen molar-refractivity contribution in [1.29, 1.82) is 0 Å². The minimum atomic E-state index is -0.475. The Morgan fingerprint density at radius 1 is 1.00 bits per heavy atom. The summed E-state index contributed by atoms with van der Waals surface area (Å²) >= 11 is 0. The Morgan fingerprint density at radius 2 is 1.59 bits per heavy atom. The number of carbonyl (C=O) groups is 1. The fraction of sp³-hybridized carbons (Fsp3) is 0.455. The first-order valence-electron chi connectivity index (χ1n) is 9.77. The maximum atomic E-state index is 11.5. The molecule has 7 nitrogen and oxygen atoms in total. The lowest BCUT2D eigenvalue weighted by molar-refractivity contribution is -0.134. The van der Waals surface area contributed by atoms with Crippen LogP contribution in [0, 0.1) is 0 Å². The van der Waals surface area contributed by atoms with Crippen molar-refractivity contribution in [3.05, 3.63) is 48.1 Å². The van der Waals surface area contributed by atoms with Gasteiger partial charge in [-0.3, -0.25) is 0 Å². The second-order valence-corrected chi connectivity index (χ2v) is 5.72. The third kappa shape index (κ3) is 7.18. The fourth-order valence-corrected chi connectivity index (χ4v) is 2.61. The van der Waals surface area contributed by atoms with Crippen LogP contribution in [0.5, 0.6) is 5.75 Å². The smallest absolute Gasteiger partial charge is 0.332 e. The molecule has 0 saturated carbocycles. The molecule has 0 amide bonds. The topological polar surface area (TPSA) is 69.6 Å². The van der Waals surface area contributed by atoms with Gasteiger partial charge in [-0.1, -0.05) is 12.1 Å². The molecular formula is C22H32N2O5. The lowest BCUT2D eigenvalue weighted by Crippen LogP contribution is -2.32. The van der Waals surface area contributed by atoms with E-state index >= 15 is 0 Å². The van der Waals surface area contributed by atoms with Gasteiger partial charge in [-0.15, -0.1) is 0 Å². The number of hydrogen-bond donors (Lipinski definition) is 0. The first-order valence-corrected chi connectivity index (χ1v) is 9.77. The van der Waals surface area contributed by atoms with E-state index in [2.05, 4.69) is 14.6 Å². The summed E-state index contributed by atoms with van der Waals surface area (Å²) in [5, 5.41) is 0. The summed E-state index contributed by atoms with van der Waals surface area (Å²) < 4.78 is 21.6. The number of aliphatic imine (C=N–C) groups is 1. The molecule has 0 fully saturated rings. The highest BCUT2D eigenvalue weighted by molar-refractivity contribution is 6.23. The zero-order valence-corrected chi connectivity index (χ0v) is 18.2. The SMILES string of the molecule is CCOC(OCC)=C(C(=N/C=C/C(=O)OC)N(CC)CC)c1ccc(OC)cc1. The second-order valence-electron chi connectivity index (χ2n) is 5.72. The van der Waals surface area contributed by atoms with Crippen molar-refractivity contribution < 1.29 is 23.7 Å². The molecule has 7 heteroatoms. The molecule has 0 aliphatic rings.